The second-order valence-electron chi connectivity index (χ2n) is 5.34. The second kappa shape index (κ2) is 6.37. The number of anilines is 1. The molecule has 24 heavy (non-hydrogen) atoms. The van der Waals surface area contributed by atoms with Gasteiger partial charge in [-0.3, -0.25) is 4.79 Å². The van der Waals surface area contributed by atoms with Gasteiger partial charge in [0.1, 0.15) is 5.82 Å². The lowest BCUT2D eigenvalue weighted by atomic mass is 10.2. The summed E-state index contributed by atoms with van der Waals surface area (Å²) in [6.45, 7) is 2.02. The van der Waals surface area contributed by atoms with Gasteiger partial charge in [-0.05, 0) is 48.9 Å². The van der Waals surface area contributed by atoms with Gasteiger partial charge >= 0.3 is 5.97 Å². The number of fused-ring (bicyclic) bond motifs is 1. The molecule has 2 aromatic carbocycles. The number of aromatic amines is 1. The molecule has 0 spiro atoms. The van der Waals surface area contributed by atoms with Gasteiger partial charge in [0.05, 0.1) is 11.0 Å². The number of hydrogen-bond donors (Lipinski definition) is 3. The zero-order chi connectivity index (χ0) is 17.1. The number of rotatable bonds is 4. The van der Waals surface area contributed by atoms with E-state index in [0.717, 1.165) is 40.1 Å². The van der Waals surface area contributed by atoms with Gasteiger partial charge in [-0.25, -0.2) is 9.78 Å². The van der Waals surface area contributed by atoms with Crippen LogP contribution in [0.3, 0.4) is 0 Å². The summed E-state index contributed by atoms with van der Waals surface area (Å²) >= 11 is 0. The van der Waals surface area contributed by atoms with Crippen molar-refractivity contribution >= 4 is 28.6 Å². The molecule has 6 nitrogen and oxygen atoms in total. The molecule has 0 unspecified atom stereocenters. The molecule has 0 aliphatic heterocycles. The summed E-state index contributed by atoms with van der Waals surface area (Å²) < 4.78 is 0. The van der Waals surface area contributed by atoms with Gasteiger partial charge in [0.15, 0.2) is 0 Å². The average molecular weight is 321 g/mol. The van der Waals surface area contributed by atoms with Crippen molar-refractivity contribution in [2.45, 2.75) is 6.92 Å². The Morgan fingerprint density at radius 2 is 1.88 bits per heavy atom. The van der Waals surface area contributed by atoms with Gasteiger partial charge in [-0.15, -0.1) is 0 Å². The average Bonchev–Trinajstić information content (AvgIpc) is 2.96. The molecular weight excluding hydrogens is 306 g/mol. The molecule has 0 radical (unpaired) electrons. The normalized spacial score (nSPS) is 11.0. The summed E-state index contributed by atoms with van der Waals surface area (Å²) in [5.41, 5.74) is 4.49. The van der Waals surface area contributed by atoms with E-state index in [9.17, 15) is 9.59 Å². The molecule has 1 heterocycles. The molecule has 0 saturated carbocycles. The number of carbonyl (C=O) groups excluding carboxylic acids is 1. The van der Waals surface area contributed by atoms with Crippen LogP contribution in [0.15, 0.2) is 54.6 Å². The standard InChI is InChI=1S/C18H15N3O3/c1-11-2-7-14-15(10-11)21-18(20-14)12-3-5-13(6-4-12)19-16(22)8-9-17(23)24/h2-10H,1H3,(H,19,22)(H,20,21)(H,23,24)/b9-8+. The monoisotopic (exact) mass is 321 g/mol. The van der Waals surface area contributed by atoms with Crippen LogP contribution < -0.4 is 5.32 Å². The van der Waals surface area contributed by atoms with Crippen molar-refractivity contribution < 1.29 is 14.7 Å². The molecule has 3 aromatic rings. The van der Waals surface area contributed by atoms with E-state index in [1.807, 2.05) is 37.3 Å². The number of H-pyrrole nitrogens is 1. The number of amides is 1. The van der Waals surface area contributed by atoms with Crippen LogP contribution in [0.2, 0.25) is 0 Å². The molecule has 0 aliphatic carbocycles. The highest BCUT2D eigenvalue weighted by molar-refractivity contribution is 6.02. The minimum Gasteiger partial charge on any atom is -0.478 e. The summed E-state index contributed by atoms with van der Waals surface area (Å²) in [5, 5.41) is 11.1. The van der Waals surface area contributed by atoms with Crippen molar-refractivity contribution in [3.63, 3.8) is 0 Å². The van der Waals surface area contributed by atoms with Gasteiger partial charge in [0, 0.05) is 23.4 Å². The highest BCUT2D eigenvalue weighted by atomic mass is 16.4. The lowest BCUT2D eigenvalue weighted by Gasteiger charge is -2.03. The first-order valence-electron chi connectivity index (χ1n) is 7.30. The van der Waals surface area contributed by atoms with Crippen LogP contribution in [-0.4, -0.2) is 27.0 Å². The fourth-order valence-corrected chi connectivity index (χ4v) is 2.30. The maximum Gasteiger partial charge on any atom is 0.328 e. The molecule has 1 amide bonds. The topological polar surface area (TPSA) is 95.1 Å². The number of aliphatic carboxylic acids is 1. The minimum absolute atomic E-state index is 0.496. The Labute approximate surface area is 137 Å². The maximum atomic E-state index is 11.5. The fraction of sp³-hybridized carbons (Fsp3) is 0.0556. The van der Waals surface area contributed by atoms with Crippen LogP contribution >= 0.6 is 0 Å². The van der Waals surface area contributed by atoms with E-state index < -0.39 is 11.9 Å². The molecule has 6 heteroatoms. The molecule has 0 saturated heterocycles. The van der Waals surface area contributed by atoms with E-state index in [-0.39, 0.29) is 0 Å². The van der Waals surface area contributed by atoms with Crippen molar-refractivity contribution in [2.24, 2.45) is 0 Å². The van der Waals surface area contributed by atoms with Crippen molar-refractivity contribution in [1.82, 2.24) is 9.97 Å². The molecule has 3 rings (SSSR count). The number of aryl methyl sites for hydroxylation is 1. The summed E-state index contributed by atoms with van der Waals surface area (Å²) in [7, 11) is 0. The van der Waals surface area contributed by atoms with Gasteiger partial charge in [0.25, 0.3) is 0 Å². The number of imidazole rings is 1. The largest absolute Gasteiger partial charge is 0.478 e. The summed E-state index contributed by atoms with van der Waals surface area (Å²) in [4.78, 5) is 29.7. The van der Waals surface area contributed by atoms with Crippen molar-refractivity contribution in [3.8, 4) is 11.4 Å². The fourth-order valence-electron chi connectivity index (χ4n) is 2.30. The number of carboxylic acids is 1. The number of nitrogens with zero attached hydrogens (tertiary/aromatic N) is 1. The lowest BCUT2D eigenvalue weighted by Crippen LogP contribution is -2.08. The summed E-state index contributed by atoms with van der Waals surface area (Å²) in [5.74, 6) is -0.913. The lowest BCUT2D eigenvalue weighted by molar-refractivity contribution is -0.131. The first-order valence-corrected chi connectivity index (χ1v) is 7.30. The molecule has 1 aromatic heterocycles. The highest BCUT2D eigenvalue weighted by Crippen LogP contribution is 2.22. The molecule has 0 bridgehead atoms. The first kappa shape index (κ1) is 15.5. The van der Waals surface area contributed by atoms with E-state index in [0.29, 0.717) is 5.69 Å². The molecule has 0 aliphatic rings. The number of benzene rings is 2. The number of nitrogens with one attached hydrogen (secondary N) is 2. The second-order valence-corrected chi connectivity index (χ2v) is 5.34. The number of hydrogen-bond acceptors (Lipinski definition) is 3. The van der Waals surface area contributed by atoms with Crippen LogP contribution in [0.5, 0.6) is 0 Å². The maximum absolute atomic E-state index is 11.5. The van der Waals surface area contributed by atoms with Crippen LogP contribution in [0, 0.1) is 6.92 Å². The first-order chi connectivity index (χ1) is 11.5. The molecule has 120 valence electrons. The third-order valence-corrected chi connectivity index (χ3v) is 3.44. The Hall–Kier alpha value is -3.41. The van der Waals surface area contributed by atoms with Crippen LogP contribution in [-0.2, 0) is 9.59 Å². The SMILES string of the molecule is Cc1ccc2nc(-c3ccc(NC(=O)/C=C/C(=O)O)cc3)[nH]c2c1. The zero-order valence-corrected chi connectivity index (χ0v) is 12.9. The third kappa shape index (κ3) is 3.49. The Bertz CT molecular complexity index is 940. The van der Waals surface area contributed by atoms with Gasteiger partial charge in [0.2, 0.25) is 5.91 Å². The number of carbonyl (C=O) groups is 2. The van der Waals surface area contributed by atoms with E-state index in [1.54, 1.807) is 12.1 Å². The predicted octanol–water partition coefficient (Wildman–Crippen LogP) is 3.12. The molecule has 0 fully saturated rings. The number of carboxylic acid groups (broad SMARTS) is 1. The van der Waals surface area contributed by atoms with E-state index in [4.69, 9.17) is 5.11 Å². The minimum atomic E-state index is -1.17. The van der Waals surface area contributed by atoms with Gasteiger partial charge in [-0.2, -0.15) is 0 Å². The number of aromatic nitrogens is 2. The van der Waals surface area contributed by atoms with E-state index in [1.165, 1.54) is 0 Å². The summed E-state index contributed by atoms with van der Waals surface area (Å²) in [6, 6.07) is 13.2. The Balaban J connectivity index is 1.78. The van der Waals surface area contributed by atoms with Crippen molar-refractivity contribution in [2.75, 3.05) is 5.32 Å². The quantitative estimate of drug-likeness (QED) is 0.643. The Morgan fingerprint density at radius 1 is 1.12 bits per heavy atom. The van der Waals surface area contributed by atoms with Crippen LogP contribution in [0.1, 0.15) is 5.56 Å². The smallest absolute Gasteiger partial charge is 0.328 e. The van der Waals surface area contributed by atoms with Crippen LogP contribution in [0.25, 0.3) is 22.4 Å². The zero-order valence-electron chi connectivity index (χ0n) is 12.9. The Kier molecular flexibility index (Phi) is 4.11. The van der Waals surface area contributed by atoms with Crippen molar-refractivity contribution in [3.05, 3.63) is 60.2 Å². The van der Waals surface area contributed by atoms with Crippen LogP contribution in [0.4, 0.5) is 5.69 Å². The third-order valence-electron chi connectivity index (χ3n) is 3.44. The Morgan fingerprint density at radius 3 is 2.58 bits per heavy atom. The molecule has 3 N–H and O–H groups in total. The summed E-state index contributed by atoms with van der Waals surface area (Å²) in [6.07, 6.45) is 1.76. The van der Waals surface area contributed by atoms with Gasteiger partial charge in [-0.1, -0.05) is 6.07 Å². The van der Waals surface area contributed by atoms with E-state index >= 15 is 0 Å². The van der Waals surface area contributed by atoms with E-state index in [2.05, 4.69) is 15.3 Å². The highest BCUT2D eigenvalue weighted by Gasteiger charge is 2.06. The molecule has 0 atom stereocenters. The van der Waals surface area contributed by atoms with Gasteiger partial charge < -0.3 is 15.4 Å². The predicted molar refractivity (Wildman–Crippen MR) is 91.7 cm³/mol. The van der Waals surface area contributed by atoms with Crippen molar-refractivity contribution in [1.29, 1.82) is 0 Å². The molecular formula is C18H15N3O3.